The van der Waals surface area contributed by atoms with E-state index >= 15 is 0 Å². The van der Waals surface area contributed by atoms with Crippen LogP contribution in [0.1, 0.15) is 25.5 Å². The molecule has 1 heterocycles. The molecule has 0 radical (unpaired) electrons. The number of carbonyl (C=O) groups is 1. The molecule has 4 heteroatoms. The fourth-order valence-corrected chi connectivity index (χ4v) is 2.01. The van der Waals surface area contributed by atoms with E-state index in [0.717, 1.165) is 28.7 Å². The summed E-state index contributed by atoms with van der Waals surface area (Å²) in [4.78, 5) is 16.4. The van der Waals surface area contributed by atoms with Crippen LogP contribution in [-0.2, 0) is 4.79 Å². The average molecular weight is 257 g/mol. The molecule has 0 aliphatic carbocycles. The topological polar surface area (TPSA) is 68.0 Å². The maximum Gasteiger partial charge on any atom is 0.241 e. The summed E-state index contributed by atoms with van der Waals surface area (Å²) in [5.74, 6) is -0.155. The van der Waals surface area contributed by atoms with E-state index in [0.29, 0.717) is 6.42 Å². The number of amides is 1. The summed E-state index contributed by atoms with van der Waals surface area (Å²) in [5, 5.41) is 3.88. The number of aryl methyl sites for hydroxylation is 1. The first kappa shape index (κ1) is 13.5. The molecule has 0 saturated heterocycles. The lowest BCUT2D eigenvalue weighted by Gasteiger charge is -2.12. The van der Waals surface area contributed by atoms with Crippen LogP contribution in [0.15, 0.2) is 30.3 Å². The SMILES string of the molecule is CCCC(N)C(=O)Nc1cccc2ccc(C)nc12. The number of rotatable bonds is 4. The molecular formula is C15H19N3O. The van der Waals surface area contributed by atoms with Crippen molar-refractivity contribution in [2.75, 3.05) is 5.32 Å². The number of carbonyl (C=O) groups excluding carboxylic acids is 1. The van der Waals surface area contributed by atoms with Crippen molar-refractivity contribution in [1.29, 1.82) is 0 Å². The van der Waals surface area contributed by atoms with Gasteiger partial charge in [0.2, 0.25) is 5.91 Å². The Bertz CT molecular complexity index is 595. The summed E-state index contributed by atoms with van der Waals surface area (Å²) in [7, 11) is 0. The summed E-state index contributed by atoms with van der Waals surface area (Å²) in [6, 6.07) is 9.22. The van der Waals surface area contributed by atoms with Gasteiger partial charge in [-0.05, 0) is 25.5 Å². The van der Waals surface area contributed by atoms with Gasteiger partial charge in [-0.25, -0.2) is 0 Å². The van der Waals surface area contributed by atoms with E-state index in [4.69, 9.17) is 5.73 Å². The predicted octanol–water partition coefficient (Wildman–Crippen LogP) is 2.61. The number of nitrogens with two attached hydrogens (primary N) is 1. The van der Waals surface area contributed by atoms with Crippen molar-refractivity contribution >= 4 is 22.5 Å². The Morgan fingerprint density at radius 3 is 2.89 bits per heavy atom. The number of para-hydroxylation sites is 1. The lowest BCUT2D eigenvalue weighted by atomic mass is 10.1. The van der Waals surface area contributed by atoms with Gasteiger partial charge in [0.05, 0.1) is 17.2 Å². The molecule has 3 N–H and O–H groups in total. The Balaban J connectivity index is 2.30. The van der Waals surface area contributed by atoms with Gasteiger partial charge in [0, 0.05) is 11.1 Å². The molecule has 0 fully saturated rings. The molecule has 2 rings (SSSR count). The van der Waals surface area contributed by atoms with Crippen LogP contribution in [0.2, 0.25) is 0 Å². The normalized spacial score (nSPS) is 12.4. The first-order valence-electron chi connectivity index (χ1n) is 6.54. The van der Waals surface area contributed by atoms with Crippen LogP contribution in [-0.4, -0.2) is 16.9 Å². The number of aromatic nitrogens is 1. The molecule has 1 unspecified atom stereocenters. The minimum atomic E-state index is -0.468. The smallest absolute Gasteiger partial charge is 0.241 e. The molecule has 0 saturated carbocycles. The quantitative estimate of drug-likeness (QED) is 0.884. The molecule has 4 nitrogen and oxygen atoms in total. The molecule has 0 bridgehead atoms. The third-order valence-corrected chi connectivity index (χ3v) is 3.05. The predicted molar refractivity (Wildman–Crippen MR) is 78.0 cm³/mol. The number of nitrogens with zero attached hydrogens (tertiary/aromatic N) is 1. The Hall–Kier alpha value is -1.94. The van der Waals surface area contributed by atoms with E-state index in [1.807, 2.05) is 44.2 Å². The van der Waals surface area contributed by atoms with E-state index in [9.17, 15) is 4.79 Å². The maximum absolute atomic E-state index is 12.0. The van der Waals surface area contributed by atoms with Crippen molar-refractivity contribution in [3.8, 4) is 0 Å². The van der Waals surface area contributed by atoms with Crippen LogP contribution in [0.3, 0.4) is 0 Å². The monoisotopic (exact) mass is 257 g/mol. The zero-order valence-corrected chi connectivity index (χ0v) is 11.3. The highest BCUT2D eigenvalue weighted by atomic mass is 16.2. The highest BCUT2D eigenvalue weighted by Crippen LogP contribution is 2.21. The summed E-state index contributed by atoms with van der Waals surface area (Å²) in [6.07, 6.45) is 1.57. The first-order chi connectivity index (χ1) is 9.11. The number of pyridine rings is 1. The summed E-state index contributed by atoms with van der Waals surface area (Å²) in [5.41, 5.74) is 8.27. The molecule has 0 aliphatic heterocycles. The third kappa shape index (κ3) is 3.09. The molecule has 0 aliphatic rings. The third-order valence-electron chi connectivity index (χ3n) is 3.05. The van der Waals surface area contributed by atoms with Gasteiger partial charge in [-0.3, -0.25) is 9.78 Å². The van der Waals surface area contributed by atoms with Crippen molar-refractivity contribution in [3.63, 3.8) is 0 Å². The van der Waals surface area contributed by atoms with Crippen LogP contribution in [0.25, 0.3) is 10.9 Å². The van der Waals surface area contributed by atoms with Gasteiger partial charge in [0.25, 0.3) is 0 Å². The zero-order chi connectivity index (χ0) is 13.8. The van der Waals surface area contributed by atoms with Crippen molar-refractivity contribution < 1.29 is 4.79 Å². The van der Waals surface area contributed by atoms with Crippen molar-refractivity contribution in [1.82, 2.24) is 4.98 Å². The molecule has 2 aromatic rings. The van der Waals surface area contributed by atoms with Gasteiger partial charge in [0.15, 0.2) is 0 Å². The molecular weight excluding hydrogens is 238 g/mol. The molecule has 1 amide bonds. The first-order valence-corrected chi connectivity index (χ1v) is 6.54. The number of hydrogen-bond donors (Lipinski definition) is 2. The fraction of sp³-hybridized carbons (Fsp3) is 0.333. The number of benzene rings is 1. The Morgan fingerprint density at radius 2 is 2.16 bits per heavy atom. The van der Waals surface area contributed by atoms with Crippen LogP contribution in [0, 0.1) is 6.92 Å². The lowest BCUT2D eigenvalue weighted by molar-refractivity contribution is -0.117. The zero-order valence-electron chi connectivity index (χ0n) is 11.3. The second kappa shape index (κ2) is 5.80. The minimum Gasteiger partial charge on any atom is -0.323 e. The van der Waals surface area contributed by atoms with Gasteiger partial charge >= 0.3 is 0 Å². The Kier molecular flexibility index (Phi) is 4.12. The van der Waals surface area contributed by atoms with Crippen LogP contribution < -0.4 is 11.1 Å². The van der Waals surface area contributed by atoms with E-state index in [1.54, 1.807) is 0 Å². The second-order valence-corrected chi connectivity index (χ2v) is 4.71. The molecule has 19 heavy (non-hydrogen) atoms. The molecule has 1 atom stereocenters. The Morgan fingerprint density at radius 1 is 1.37 bits per heavy atom. The summed E-state index contributed by atoms with van der Waals surface area (Å²) < 4.78 is 0. The Labute approximate surface area is 113 Å². The number of fused-ring (bicyclic) bond motifs is 1. The van der Waals surface area contributed by atoms with Gasteiger partial charge in [-0.2, -0.15) is 0 Å². The van der Waals surface area contributed by atoms with Crippen LogP contribution >= 0.6 is 0 Å². The highest BCUT2D eigenvalue weighted by molar-refractivity contribution is 6.02. The van der Waals surface area contributed by atoms with Crippen molar-refractivity contribution in [2.24, 2.45) is 5.73 Å². The van der Waals surface area contributed by atoms with E-state index in [1.165, 1.54) is 0 Å². The number of anilines is 1. The van der Waals surface area contributed by atoms with Gasteiger partial charge < -0.3 is 11.1 Å². The van der Waals surface area contributed by atoms with E-state index in [2.05, 4.69) is 10.3 Å². The average Bonchev–Trinajstić information content (AvgIpc) is 2.39. The lowest BCUT2D eigenvalue weighted by Crippen LogP contribution is -2.35. The molecule has 100 valence electrons. The van der Waals surface area contributed by atoms with Crippen LogP contribution in [0.5, 0.6) is 0 Å². The molecule has 1 aromatic heterocycles. The van der Waals surface area contributed by atoms with Crippen molar-refractivity contribution in [2.45, 2.75) is 32.7 Å². The highest BCUT2D eigenvalue weighted by Gasteiger charge is 2.13. The van der Waals surface area contributed by atoms with Gasteiger partial charge in [-0.1, -0.05) is 31.5 Å². The maximum atomic E-state index is 12.0. The molecule has 0 spiro atoms. The van der Waals surface area contributed by atoms with E-state index < -0.39 is 6.04 Å². The van der Waals surface area contributed by atoms with Crippen molar-refractivity contribution in [3.05, 3.63) is 36.0 Å². The summed E-state index contributed by atoms with van der Waals surface area (Å²) >= 11 is 0. The fourth-order valence-electron chi connectivity index (χ4n) is 2.01. The largest absolute Gasteiger partial charge is 0.323 e. The summed E-state index contributed by atoms with van der Waals surface area (Å²) in [6.45, 7) is 3.94. The van der Waals surface area contributed by atoms with Crippen LogP contribution in [0.4, 0.5) is 5.69 Å². The standard InChI is InChI=1S/C15H19N3O/c1-3-5-12(16)15(19)18-13-7-4-6-11-9-8-10(2)17-14(11)13/h4,6-9,12H,3,5,16H2,1-2H3,(H,18,19). The van der Waals surface area contributed by atoms with Gasteiger partial charge in [0.1, 0.15) is 0 Å². The second-order valence-electron chi connectivity index (χ2n) is 4.71. The minimum absolute atomic E-state index is 0.155. The van der Waals surface area contributed by atoms with E-state index in [-0.39, 0.29) is 5.91 Å². The van der Waals surface area contributed by atoms with Gasteiger partial charge in [-0.15, -0.1) is 0 Å². The number of nitrogens with one attached hydrogen (secondary N) is 1. The number of hydrogen-bond acceptors (Lipinski definition) is 3. The molecule has 1 aromatic carbocycles.